The van der Waals surface area contributed by atoms with Crippen molar-refractivity contribution in [2.75, 3.05) is 29.7 Å². The molecular formula is C12H15Cl2N3O3. The predicted molar refractivity (Wildman–Crippen MR) is 80.0 cm³/mol. The molecule has 1 rings (SSSR count). The van der Waals surface area contributed by atoms with Gasteiger partial charge < -0.3 is 10.6 Å². The van der Waals surface area contributed by atoms with Crippen LogP contribution in [0.2, 0.25) is 0 Å². The Morgan fingerprint density at radius 3 is 2.30 bits per heavy atom. The van der Waals surface area contributed by atoms with Crippen molar-refractivity contribution >= 4 is 40.5 Å². The average Bonchev–Trinajstić information content (AvgIpc) is 2.37. The molecule has 0 radical (unpaired) electrons. The summed E-state index contributed by atoms with van der Waals surface area (Å²) in [5.74, 6) is -0.0898. The Labute approximate surface area is 126 Å². The molecule has 0 aliphatic heterocycles. The van der Waals surface area contributed by atoms with Crippen LogP contribution in [0.3, 0.4) is 0 Å². The predicted octanol–water partition coefficient (Wildman–Crippen LogP) is 2.29. The smallest absolute Gasteiger partial charge is 0.282 e. The molecule has 0 heterocycles. The lowest BCUT2D eigenvalue weighted by atomic mass is 10.1. The second-order valence-corrected chi connectivity index (χ2v) is 4.90. The molecule has 0 fully saturated rings. The zero-order valence-electron chi connectivity index (χ0n) is 10.9. The fraction of sp³-hybridized carbons (Fsp3) is 0.417. The zero-order chi connectivity index (χ0) is 15.3. The van der Waals surface area contributed by atoms with Gasteiger partial charge in [0.1, 0.15) is 5.56 Å². The van der Waals surface area contributed by atoms with Gasteiger partial charge in [0, 0.05) is 36.6 Å². The van der Waals surface area contributed by atoms with Gasteiger partial charge in [-0.3, -0.25) is 14.9 Å². The maximum absolute atomic E-state index is 11.4. The van der Waals surface area contributed by atoms with Crippen LogP contribution in [-0.2, 0) is 0 Å². The molecule has 0 atom stereocenters. The van der Waals surface area contributed by atoms with E-state index in [9.17, 15) is 14.9 Å². The minimum atomic E-state index is -0.838. The van der Waals surface area contributed by atoms with Gasteiger partial charge in [-0.05, 0) is 18.6 Å². The summed E-state index contributed by atoms with van der Waals surface area (Å²) >= 11 is 11.5. The minimum Gasteiger partial charge on any atom is -0.369 e. The van der Waals surface area contributed by atoms with Crippen molar-refractivity contribution in [3.63, 3.8) is 0 Å². The summed E-state index contributed by atoms with van der Waals surface area (Å²) < 4.78 is 0. The van der Waals surface area contributed by atoms with E-state index < -0.39 is 10.8 Å². The maximum Gasteiger partial charge on any atom is 0.282 e. The number of alkyl halides is 2. The van der Waals surface area contributed by atoms with Crippen molar-refractivity contribution < 1.29 is 9.72 Å². The molecule has 0 aliphatic rings. The minimum absolute atomic E-state index is 0.121. The second-order valence-electron chi connectivity index (χ2n) is 4.14. The molecule has 1 amide bonds. The van der Waals surface area contributed by atoms with Crippen LogP contribution >= 0.6 is 23.2 Å². The summed E-state index contributed by atoms with van der Waals surface area (Å²) in [6.45, 7) is 2.76. The SMILES string of the molecule is Cc1cc([N+](=O)[O-])c(C(N)=O)cc1N(CCCl)CCCl. The fourth-order valence-corrected chi connectivity index (χ4v) is 2.34. The first-order valence-corrected chi connectivity index (χ1v) is 6.95. The zero-order valence-corrected chi connectivity index (χ0v) is 12.4. The Kier molecular flexibility index (Phi) is 6.04. The first-order valence-electron chi connectivity index (χ1n) is 5.88. The summed E-state index contributed by atoms with van der Waals surface area (Å²) in [6, 6.07) is 2.76. The highest BCUT2D eigenvalue weighted by Gasteiger charge is 2.22. The molecule has 0 aromatic heterocycles. The number of carbonyl (C=O) groups excluding carboxylic acids is 1. The summed E-state index contributed by atoms with van der Waals surface area (Å²) in [6.07, 6.45) is 0. The van der Waals surface area contributed by atoms with Crippen molar-refractivity contribution in [3.05, 3.63) is 33.4 Å². The number of aryl methyl sites for hydroxylation is 1. The number of amides is 1. The molecule has 0 aliphatic carbocycles. The standard InChI is InChI=1S/C12H15Cl2N3O3/c1-8-6-11(17(19)20)9(12(15)18)7-10(8)16(4-2-13)5-3-14/h6-7H,2-5H2,1H3,(H2,15,18). The molecule has 1 aromatic rings. The van der Waals surface area contributed by atoms with Crippen LogP contribution in [0.15, 0.2) is 12.1 Å². The third-order valence-corrected chi connectivity index (χ3v) is 3.16. The molecule has 6 nitrogen and oxygen atoms in total. The molecule has 8 heteroatoms. The van der Waals surface area contributed by atoms with E-state index >= 15 is 0 Å². The molecule has 110 valence electrons. The van der Waals surface area contributed by atoms with Crippen molar-refractivity contribution in [1.29, 1.82) is 0 Å². The monoisotopic (exact) mass is 319 g/mol. The summed E-state index contributed by atoms with van der Waals surface area (Å²) in [5.41, 5.74) is 6.12. The molecule has 0 spiro atoms. The van der Waals surface area contributed by atoms with Crippen molar-refractivity contribution in [2.24, 2.45) is 5.73 Å². The summed E-state index contributed by atoms with van der Waals surface area (Å²) in [7, 11) is 0. The van der Waals surface area contributed by atoms with Gasteiger partial charge >= 0.3 is 0 Å². The number of anilines is 1. The normalized spacial score (nSPS) is 10.3. The highest BCUT2D eigenvalue weighted by Crippen LogP contribution is 2.29. The molecule has 0 saturated carbocycles. The van der Waals surface area contributed by atoms with E-state index in [0.29, 0.717) is 36.1 Å². The van der Waals surface area contributed by atoms with Crippen molar-refractivity contribution in [1.82, 2.24) is 0 Å². The number of halogens is 2. The Morgan fingerprint density at radius 2 is 1.90 bits per heavy atom. The number of rotatable bonds is 7. The van der Waals surface area contributed by atoms with Crippen LogP contribution in [0.25, 0.3) is 0 Å². The van der Waals surface area contributed by atoms with E-state index in [4.69, 9.17) is 28.9 Å². The Morgan fingerprint density at radius 1 is 1.35 bits per heavy atom. The second kappa shape index (κ2) is 7.31. The molecule has 2 N–H and O–H groups in total. The third-order valence-electron chi connectivity index (χ3n) is 2.83. The molecular weight excluding hydrogens is 305 g/mol. The van der Waals surface area contributed by atoms with Crippen LogP contribution < -0.4 is 10.6 Å². The van der Waals surface area contributed by atoms with E-state index in [2.05, 4.69) is 0 Å². The summed E-state index contributed by atoms with van der Waals surface area (Å²) in [5, 5.41) is 11.0. The molecule has 20 heavy (non-hydrogen) atoms. The lowest BCUT2D eigenvalue weighted by Crippen LogP contribution is -2.29. The summed E-state index contributed by atoms with van der Waals surface area (Å²) in [4.78, 5) is 23.6. The lowest BCUT2D eigenvalue weighted by Gasteiger charge is -2.25. The first kappa shape index (κ1) is 16.5. The van der Waals surface area contributed by atoms with Gasteiger partial charge in [0.2, 0.25) is 0 Å². The van der Waals surface area contributed by atoms with Crippen LogP contribution in [0.5, 0.6) is 0 Å². The number of hydrogen-bond acceptors (Lipinski definition) is 4. The van der Waals surface area contributed by atoms with E-state index in [-0.39, 0.29) is 11.3 Å². The Balaban J connectivity index is 3.36. The largest absolute Gasteiger partial charge is 0.369 e. The highest BCUT2D eigenvalue weighted by atomic mass is 35.5. The number of nitro benzene ring substituents is 1. The highest BCUT2D eigenvalue weighted by molar-refractivity contribution is 6.18. The molecule has 0 unspecified atom stereocenters. The van der Waals surface area contributed by atoms with E-state index in [0.717, 1.165) is 0 Å². The quantitative estimate of drug-likeness (QED) is 0.474. The van der Waals surface area contributed by atoms with Crippen LogP contribution in [-0.4, -0.2) is 35.7 Å². The molecule has 0 bridgehead atoms. The number of nitro groups is 1. The van der Waals surface area contributed by atoms with Gasteiger partial charge in [0.25, 0.3) is 11.6 Å². The van der Waals surface area contributed by atoms with E-state index in [1.165, 1.54) is 12.1 Å². The van der Waals surface area contributed by atoms with Gasteiger partial charge in [0.15, 0.2) is 0 Å². The Hall–Kier alpha value is -1.53. The number of nitrogens with zero attached hydrogens (tertiary/aromatic N) is 2. The fourth-order valence-electron chi connectivity index (χ4n) is 1.93. The van der Waals surface area contributed by atoms with Crippen LogP contribution in [0.1, 0.15) is 15.9 Å². The molecule has 0 saturated heterocycles. The topological polar surface area (TPSA) is 89.5 Å². The number of hydrogen-bond donors (Lipinski definition) is 1. The van der Waals surface area contributed by atoms with Gasteiger partial charge in [-0.15, -0.1) is 23.2 Å². The molecule has 1 aromatic carbocycles. The van der Waals surface area contributed by atoms with Crippen LogP contribution in [0, 0.1) is 17.0 Å². The average molecular weight is 320 g/mol. The van der Waals surface area contributed by atoms with E-state index in [1.807, 2.05) is 4.90 Å². The number of benzene rings is 1. The lowest BCUT2D eigenvalue weighted by molar-refractivity contribution is -0.385. The van der Waals surface area contributed by atoms with E-state index in [1.54, 1.807) is 6.92 Å². The van der Waals surface area contributed by atoms with Crippen LogP contribution in [0.4, 0.5) is 11.4 Å². The van der Waals surface area contributed by atoms with Gasteiger partial charge in [-0.25, -0.2) is 0 Å². The van der Waals surface area contributed by atoms with Crippen molar-refractivity contribution in [3.8, 4) is 0 Å². The Bertz CT molecular complexity index is 517. The van der Waals surface area contributed by atoms with Gasteiger partial charge in [0.05, 0.1) is 4.92 Å². The third kappa shape index (κ3) is 3.74. The van der Waals surface area contributed by atoms with Crippen molar-refractivity contribution in [2.45, 2.75) is 6.92 Å². The maximum atomic E-state index is 11.4. The van der Waals surface area contributed by atoms with Gasteiger partial charge in [-0.1, -0.05) is 0 Å². The number of carbonyl (C=O) groups is 1. The number of nitrogens with two attached hydrogens (primary N) is 1. The first-order chi connectivity index (χ1) is 9.42. The number of primary amides is 1. The van der Waals surface area contributed by atoms with Gasteiger partial charge in [-0.2, -0.15) is 0 Å².